The quantitative estimate of drug-likeness (QED) is 0.807. The summed E-state index contributed by atoms with van der Waals surface area (Å²) in [5, 5.41) is 3.21. The van der Waals surface area contributed by atoms with Crippen LogP contribution < -0.4 is 11.1 Å². The Balaban J connectivity index is 1.43. The lowest BCUT2D eigenvalue weighted by molar-refractivity contribution is -0.127. The number of nitrogens with two attached hydrogens (primary N) is 1. The maximum Gasteiger partial charge on any atom is 0.224 e. The molecule has 0 aromatic rings. The van der Waals surface area contributed by atoms with Crippen LogP contribution in [0.2, 0.25) is 0 Å². The minimum atomic E-state index is 0.0944. The van der Waals surface area contributed by atoms with Crippen LogP contribution in [0.1, 0.15) is 39.5 Å². The van der Waals surface area contributed by atoms with Gasteiger partial charge in [0.15, 0.2) is 0 Å². The second kappa shape index (κ2) is 6.25. The molecule has 3 N–H and O–H groups in total. The maximum atomic E-state index is 12.5. The van der Waals surface area contributed by atoms with Crippen LogP contribution in [0.3, 0.4) is 0 Å². The molecule has 1 saturated heterocycles. The molecule has 0 spiro atoms. The van der Waals surface area contributed by atoms with Crippen molar-refractivity contribution in [2.45, 2.75) is 45.6 Å². The molecule has 4 heteroatoms. The minimum absolute atomic E-state index is 0.0944. The predicted octanol–water partition coefficient (Wildman–Crippen LogP) is 1.45. The monoisotopic (exact) mass is 293 g/mol. The molecule has 5 unspecified atom stereocenters. The van der Waals surface area contributed by atoms with Crippen molar-refractivity contribution in [3.63, 3.8) is 0 Å². The van der Waals surface area contributed by atoms with Gasteiger partial charge in [0.2, 0.25) is 5.91 Å². The van der Waals surface area contributed by atoms with E-state index in [1.165, 1.54) is 38.8 Å². The van der Waals surface area contributed by atoms with Gasteiger partial charge in [-0.15, -0.1) is 0 Å². The van der Waals surface area contributed by atoms with Crippen molar-refractivity contribution in [1.29, 1.82) is 0 Å². The highest BCUT2D eigenvalue weighted by atomic mass is 16.1. The summed E-state index contributed by atoms with van der Waals surface area (Å²) in [7, 11) is 0. The van der Waals surface area contributed by atoms with Crippen molar-refractivity contribution in [3.05, 3.63) is 0 Å². The lowest BCUT2D eigenvalue weighted by atomic mass is 9.84. The first-order valence-electron chi connectivity index (χ1n) is 8.80. The molecular weight excluding hydrogens is 262 g/mol. The van der Waals surface area contributed by atoms with Crippen molar-refractivity contribution in [2.24, 2.45) is 35.3 Å². The minimum Gasteiger partial charge on any atom is -0.355 e. The highest BCUT2D eigenvalue weighted by Crippen LogP contribution is 2.47. The van der Waals surface area contributed by atoms with E-state index in [1.807, 2.05) is 0 Å². The van der Waals surface area contributed by atoms with Gasteiger partial charge in [-0.2, -0.15) is 0 Å². The van der Waals surface area contributed by atoms with E-state index in [1.54, 1.807) is 0 Å². The number of amides is 1. The number of carbonyl (C=O) groups excluding carboxylic acids is 1. The molecule has 3 fully saturated rings. The summed E-state index contributed by atoms with van der Waals surface area (Å²) in [6.45, 7) is 8.89. The number of nitrogens with one attached hydrogen (secondary N) is 1. The molecule has 5 atom stereocenters. The van der Waals surface area contributed by atoms with E-state index in [2.05, 4.69) is 24.1 Å². The number of fused-ring (bicyclic) bond motifs is 2. The highest BCUT2D eigenvalue weighted by molar-refractivity contribution is 5.80. The Labute approximate surface area is 128 Å². The topological polar surface area (TPSA) is 58.4 Å². The first kappa shape index (κ1) is 15.3. The van der Waals surface area contributed by atoms with Crippen molar-refractivity contribution in [1.82, 2.24) is 10.2 Å². The molecular formula is C17H31N3O. The first-order valence-corrected chi connectivity index (χ1v) is 8.80. The van der Waals surface area contributed by atoms with E-state index in [0.717, 1.165) is 19.0 Å². The van der Waals surface area contributed by atoms with E-state index in [4.69, 9.17) is 5.73 Å². The molecule has 4 nitrogen and oxygen atoms in total. The van der Waals surface area contributed by atoms with Crippen LogP contribution >= 0.6 is 0 Å². The third-order valence-electron chi connectivity index (χ3n) is 5.84. The van der Waals surface area contributed by atoms with Gasteiger partial charge in [0.05, 0.1) is 5.92 Å². The van der Waals surface area contributed by atoms with Crippen LogP contribution in [-0.4, -0.2) is 43.0 Å². The summed E-state index contributed by atoms with van der Waals surface area (Å²) >= 11 is 0. The Kier molecular flexibility index (Phi) is 4.55. The van der Waals surface area contributed by atoms with Gasteiger partial charge >= 0.3 is 0 Å². The van der Waals surface area contributed by atoms with Gasteiger partial charge in [-0.25, -0.2) is 0 Å². The predicted molar refractivity (Wildman–Crippen MR) is 84.7 cm³/mol. The standard InChI is InChI=1S/C17H31N3O/c1-11(2)9-20-6-5-12(10-20)8-19-17(21)15-13-3-4-14(7-13)16(15)18/h11-16H,3-10,18H2,1-2H3,(H,19,21). The molecule has 2 aliphatic carbocycles. The maximum absolute atomic E-state index is 12.5. The van der Waals surface area contributed by atoms with Gasteiger partial charge < -0.3 is 16.0 Å². The van der Waals surface area contributed by atoms with E-state index < -0.39 is 0 Å². The van der Waals surface area contributed by atoms with Crippen LogP contribution in [0.5, 0.6) is 0 Å². The Hall–Kier alpha value is -0.610. The summed E-state index contributed by atoms with van der Waals surface area (Å²) in [5.74, 6) is 2.85. The summed E-state index contributed by atoms with van der Waals surface area (Å²) in [5.41, 5.74) is 6.26. The Morgan fingerprint density at radius 3 is 2.71 bits per heavy atom. The Morgan fingerprint density at radius 2 is 2.05 bits per heavy atom. The molecule has 0 aromatic carbocycles. The second-order valence-electron chi connectivity index (χ2n) is 7.99. The fourth-order valence-corrected chi connectivity index (χ4v) is 4.85. The third-order valence-corrected chi connectivity index (χ3v) is 5.84. The molecule has 1 aliphatic heterocycles. The van der Waals surface area contributed by atoms with Gasteiger partial charge in [-0.3, -0.25) is 4.79 Å². The van der Waals surface area contributed by atoms with Crippen molar-refractivity contribution in [2.75, 3.05) is 26.2 Å². The normalized spacial score (nSPS) is 39.3. The summed E-state index contributed by atoms with van der Waals surface area (Å²) in [4.78, 5) is 15.0. The highest BCUT2D eigenvalue weighted by Gasteiger charge is 2.49. The molecule has 3 rings (SSSR count). The van der Waals surface area contributed by atoms with Crippen molar-refractivity contribution in [3.8, 4) is 0 Å². The van der Waals surface area contributed by atoms with E-state index in [9.17, 15) is 4.79 Å². The fraction of sp³-hybridized carbons (Fsp3) is 0.941. The smallest absolute Gasteiger partial charge is 0.224 e. The molecule has 1 heterocycles. The van der Waals surface area contributed by atoms with Crippen LogP contribution in [0.25, 0.3) is 0 Å². The van der Waals surface area contributed by atoms with Crippen LogP contribution in [0.15, 0.2) is 0 Å². The number of likely N-dealkylation sites (tertiary alicyclic amines) is 1. The zero-order valence-electron chi connectivity index (χ0n) is 13.6. The molecule has 2 bridgehead atoms. The van der Waals surface area contributed by atoms with Crippen molar-refractivity contribution >= 4 is 5.91 Å². The van der Waals surface area contributed by atoms with E-state index >= 15 is 0 Å². The van der Waals surface area contributed by atoms with E-state index in [-0.39, 0.29) is 17.9 Å². The summed E-state index contributed by atoms with van der Waals surface area (Å²) in [6.07, 6.45) is 4.85. The number of carbonyl (C=O) groups is 1. The average Bonchev–Trinajstić information content (AvgIpc) is 3.11. The summed E-state index contributed by atoms with van der Waals surface area (Å²) < 4.78 is 0. The average molecular weight is 293 g/mol. The second-order valence-corrected chi connectivity index (χ2v) is 7.99. The molecule has 1 amide bonds. The third kappa shape index (κ3) is 3.26. The lowest BCUT2D eigenvalue weighted by Gasteiger charge is -2.27. The zero-order valence-corrected chi connectivity index (χ0v) is 13.6. The zero-order chi connectivity index (χ0) is 15.0. The first-order chi connectivity index (χ1) is 10.0. The molecule has 0 aromatic heterocycles. The SMILES string of the molecule is CC(C)CN1CCC(CNC(=O)C2C3CCC(C3)C2N)C1. The number of hydrogen-bond donors (Lipinski definition) is 2. The van der Waals surface area contributed by atoms with Crippen LogP contribution in [0.4, 0.5) is 0 Å². The Bertz CT molecular complexity index is 382. The molecule has 2 saturated carbocycles. The number of rotatable bonds is 5. The largest absolute Gasteiger partial charge is 0.355 e. The lowest BCUT2D eigenvalue weighted by Crippen LogP contribution is -2.46. The van der Waals surface area contributed by atoms with Gasteiger partial charge in [-0.05, 0) is 55.9 Å². The number of hydrogen-bond acceptors (Lipinski definition) is 3. The van der Waals surface area contributed by atoms with Gasteiger partial charge in [0.25, 0.3) is 0 Å². The molecule has 0 radical (unpaired) electrons. The Morgan fingerprint density at radius 1 is 1.29 bits per heavy atom. The molecule has 3 aliphatic rings. The molecule has 21 heavy (non-hydrogen) atoms. The summed E-state index contributed by atoms with van der Waals surface area (Å²) in [6, 6.07) is 0.116. The van der Waals surface area contributed by atoms with Crippen LogP contribution in [-0.2, 0) is 4.79 Å². The van der Waals surface area contributed by atoms with Gasteiger partial charge in [-0.1, -0.05) is 13.8 Å². The fourth-order valence-electron chi connectivity index (χ4n) is 4.85. The van der Waals surface area contributed by atoms with Gasteiger partial charge in [0, 0.05) is 25.7 Å². The van der Waals surface area contributed by atoms with E-state index in [0.29, 0.717) is 17.8 Å². The number of nitrogens with zero attached hydrogens (tertiary/aromatic N) is 1. The van der Waals surface area contributed by atoms with Crippen LogP contribution in [0, 0.1) is 29.6 Å². The van der Waals surface area contributed by atoms with Crippen molar-refractivity contribution < 1.29 is 4.79 Å². The van der Waals surface area contributed by atoms with Gasteiger partial charge in [0.1, 0.15) is 0 Å². The molecule has 120 valence electrons.